The van der Waals surface area contributed by atoms with Gasteiger partial charge >= 0.3 is 0 Å². The van der Waals surface area contributed by atoms with E-state index in [1.807, 2.05) is 18.2 Å². The van der Waals surface area contributed by atoms with Crippen LogP contribution >= 0.6 is 0 Å². The van der Waals surface area contributed by atoms with E-state index < -0.39 is 0 Å². The van der Waals surface area contributed by atoms with E-state index in [9.17, 15) is 0 Å². The minimum atomic E-state index is 0.243. The van der Waals surface area contributed by atoms with Crippen molar-refractivity contribution >= 4 is 28.7 Å². The molecule has 2 aliphatic heterocycles. The summed E-state index contributed by atoms with van der Waals surface area (Å²) in [6, 6.07) is 12.1. The number of fused-ring (bicyclic) bond motifs is 1. The Bertz CT molecular complexity index is 1110. The monoisotopic (exact) mass is 418 g/mol. The Kier molecular flexibility index (Phi) is 4.89. The number of nitrogen functional groups attached to an aromatic ring is 1. The molecule has 31 heavy (non-hydrogen) atoms. The number of benzene rings is 2. The third-order valence-corrected chi connectivity index (χ3v) is 5.99. The van der Waals surface area contributed by atoms with Crippen LogP contribution in [0.15, 0.2) is 42.7 Å². The van der Waals surface area contributed by atoms with Crippen molar-refractivity contribution in [2.24, 2.45) is 0 Å². The van der Waals surface area contributed by atoms with Crippen LogP contribution in [0.5, 0.6) is 11.5 Å². The first-order valence-electron chi connectivity index (χ1n) is 10.4. The van der Waals surface area contributed by atoms with E-state index in [2.05, 4.69) is 57.1 Å². The van der Waals surface area contributed by atoms with Gasteiger partial charge in [0.2, 0.25) is 6.79 Å². The van der Waals surface area contributed by atoms with Gasteiger partial charge in [-0.05, 0) is 43.2 Å². The molecule has 0 saturated carbocycles. The summed E-state index contributed by atoms with van der Waals surface area (Å²) in [5, 5.41) is 3.28. The van der Waals surface area contributed by atoms with E-state index in [1.54, 1.807) is 6.33 Å². The summed E-state index contributed by atoms with van der Waals surface area (Å²) in [4.78, 5) is 13.5. The van der Waals surface area contributed by atoms with Crippen LogP contribution < -0.4 is 30.3 Å². The summed E-state index contributed by atoms with van der Waals surface area (Å²) >= 11 is 0. The second-order valence-corrected chi connectivity index (χ2v) is 7.85. The van der Waals surface area contributed by atoms with E-state index in [0.29, 0.717) is 17.3 Å². The van der Waals surface area contributed by atoms with Crippen molar-refractivity contribution < 1.29 is 9.47 Å². The Morgan fingerprint density at radius 2 is 1.71 bits per heavy atom. The molecule has 0 spiro atoms. The predicted molar refractivity (Wildman–Crippen MR) is 123 cm³/mol. The molecule has 2 aliphatic rings. The molecule has 3 N–H and O–H groups in total. The fraction of sp³-hybridized carbons (Fsp3) is 0.304. The largest absolute Gasteiger partial charge is 0.454 e. The number of nitrogens with zero attached hydrogens (tertiary/aromatic N) is 4. The maximum absolute atomic E-state index is 6.47. The van der Waals surface area contributed by atoms with Crippen LogP contribution in [0.3, 0.4) is 0 Å². The molecule has 0 bridgehead atoms. The molecular formula is C23H26N6O2. The molecule has 3 heterocycles. The third-order valence-electron chi connectivity index (χ3n) is 5.99. The van der Waals surface area contributed by atoms with Gasteiger partial charge in [-0.1, -0.05) is 12.1 Å². The van der Waals surface area contributed by atoms with Crippen molar-refractivity contribution in [2.75, 3.05) is 53.8 Å². The second-order valence-electron chi connectivity index (χ2n) is 7.85. The summed E-state index contributed by atoms with van der Waals surface area (Å²) in [5.41, 5.74) is 11.8. The Morgan fingerprint density at radius 3 is 2.55 bits per heavy atom. The van der Waals surface area contributed by atoms with Crippen molar-refractivity contribution in [3.8, 4) is 11.5 Å². The molecule has 160 valence electrons. The predicted octanol–water partition coefficient (Wildman–Crippen LogP) is 3.47. The molecular weight excluding hydrogens is 392 g/mol. The lowest BCUT2D eigenvalue weighted by atomic mass is 10.1. The zero-order valence-corrected chi connectivity index (χ0v) is 17.8. The van der Waals surface area contributed by atoms with E-state index in [4.69, 9.17) is 15.2 Å². The fourth-order valence-corrected chi connectivity index (χ4v) is 4.09. The highest BCUT2D eigenvalue weighted by Crippen LogP contribution is 2.36. The second kappa shape index (κ2) is 7.86. The topological polar surface area (TPSA) is 88.8 Å². The van der Waals surface area contributed by atoms with Gasteiger partial charge in [-0.3, -0.25) is 0 Å². The molecule has 1 saturated heterocycles. The van der Waals surface area contributed by atoms with Gasteiger partial charge in [0.05, 0.1) is 0 Å². The molecule has 2 aromatic carbocycles. The van der Waals surface area contributed by atoms with Gasteiger partial charge in [0.1, 0.15) is 12.0 Å². The molecule has 0 radical (unpaired) electrons. The zero-order valence-electron chi connectivity index (χ0n) is 17.8. The molecule has 0 aliphatic carbocycles. The third kappa shape index (κ3) is 3.65. The van der Waals surface area contributed by atoms with Crippen LogP contribution in [0.1, 0.15) is 11.1 Å². The first-order chi connectivity index (χ1) is 15.1. The van der Waals surface area contributed by atoms with Crippen molar-refractivity contribution in [2.45, 2.75) is 13.8 Å². The Labute approximate surface area is 181 Å². The standard InChI is InChI=1S/C23H26N6O2/c1-15-4-3-5-18(16(15)2)28-8-10-29(11-9-28)23-21(24)22(25-13-26-23)27-17-6-7-19-20(12-17)31-14-30-19/h3-7,12-13H,8-11,14,24H2,1-2H3,(H,25,26,27). The maximum atomic E-state index is 6.47. The normalized spacial score (nSPS) is 15.3. The van der Waals surface area contributed by atoms with Gasteiger partial charge in [-0.2, -0.15) is 0 Å². The summed E-state index contributed by atoms with van der Waals surface area (Å²) in [6.45, 7) is 8.11. The summed E-state index contributed by atoms with van der Waals surface area (Å²) < 4.78 is 10.8. The number of hydrogen-bond acceptors (Lipinski definition) is 8. The van der Waals surface area contributed by atoms with Crippen molar-refractivity contribution in [3.05, 3.63) is 53.9 Å². The van der Waals surface area contributed by atoms with Gasteiger partial charge in [-0.15, -0.1) is 0 Å². The van der Waals surface area contributed by atoms with Crippen LogP contribution in [-0.4, -0.2) is 42.9 Å². The van der Waals surface area contributed by atoms with E-state index >= 15 is 0 Å². The average molecular weight is 419 g/mol. The van der Waals surface area contributed by atoms with Gasteiger partial charge in [0, 0.05) is 43.6 Å². The van der Waals surface area contributed by atoms with Gasteiger partial charge in [0.15, 0.2) is 23.1 Å². The number of aryl methyl sites for hydroxylation is 1. The molecule has 8 heteroatoms. The molecule has 0 atom stereocenters. The number of ether oxygens (including phenoxy) is 2. The lowest BCUT2D eigenvalue weighted by molar-refractivity contribution is 0.174. The number of aromatic nitrogens is 2. The highest BCUT2D eigenvalue weighted by molar-refractivity contribution is 5.79. The van der Waals surface area contributed by atoms with Gasteiger partial charge in [0.25, 0.3) is 0 Å². The number of nitrogens with two attached hydrogens (primary N) is 1. The van der Waals surface area contributed by atoms with Crippen LogP contribution in [0.25, 0.3) is 0 Å². The van der Waals surface area contributed by atoms with Gasteiger partial charge < -0.3 is 30.3 Å². The van der Waals surface area contributed by atoms with E-state index in [0.717, 1.165) is 43.4 Å². The molecule has 1 fully saturated rings. The first-order valence-corrected chi connectivity index (χ1v) is 10.4. The number of piperazine rings is 1. The van der Waals surface area contributed by atoms with E-state index in [-0.39, 0.29) is 6.79 Å². The highest BCUT2D eigenvalue weighted by Gasteiger charge is 2.23. The molecule has 0 amide bonds. The zero-order chi connectivity index (χ0) is 21.4. The van der Waals surface area contributed by atoms with Gasteiger partial charge in [-0.25, -0.2) is 9.97 Å². The summed E-state index contributed by atoms with van der Waals surface area (Å²) in [7, 11) is 0. The SMILES string of the molecule is Cc1cccc(N2CCN(c3ncnc(Nc4ccc5c(c4)OCO5)c3N)CC2)c1C. The van der Waals surface area contributed by atoms with Crippen LogP contribution in [0.4, 0.5) is 28.7 Å². The van der Waals surface area contributed by atoms with Crippen molar-refractivity contribution in [3.63, 3.8) is 0 Å². The average Bonchev–Trinajstić information content (AvgIpc) is 3.25. The van der Waals surface area contributed by atoms with Crippen molar-refractivity contribution in [1.29, 1.82) is 0 Å². The van der Waals surface area contributed by atoms with Crippen LogP contribution in [0.2, 0.25) is 0 Å². The van der Waals surface area contributed by atoms with Crippen LogP contribution in [0, 0.1) is 13.8 Å². The number of nitrogens with one attached hydrogen (secondary N) is 1. The molecule has 0 unspecified atom stereocenters. The minimum Gasteiger partial charge on any atom is -0.454 e. The first kappa shape index (κ1) is 19.3. The van der Waals surface area contributed by atoms with Crippen LogP contribution in [-0.2, 0) is 0 Å². The Balaban J connectivity index is 1.31. The number of hydrogen-bond donors (Lipinski definition) is 2. The Hall–Kier alpha value is -3.68. The summed E-state index contributed by atoms with van der Waals surface area (Å²) in [6.07, 6.45) is 1.55. The fourth-order valence-electron chi connectivity index (χ4n) is 4.09. The quantitative estimate of drug-likeness (QED) is 0.666. The van der Waals surface area contributed by atoms with E-state index in [1.165, 1.54) is 16.8 Å². The summed E-state index contributed by atoms with van der Waals surface area (Å²) in [5.74, 6) is 2.80. The lowest BCUT2D eigenvalue weighted by Gasteiger charge is -2.38. The lowest BCUT2D eigenvalue weighted by Crippen LogP contribution is -2.47. The minimum absolute atomic E-state index is 0.243. The molecule has 5 rings (SSSR count). The smallest absolute Gasteiger partial charge is 0.231 e. The highest BCUT2D eigenvalue weighted by atomic mass is 16.7. The maximum Gasteiger partial charge on any atom is 0.231 e. The molecule has 3 aromatic rings. The number of anilines is 5. The Morgan fingerprint density at radius 1 is 0.935 bits per heavy atom. The van der Waals surface area contributed by atoms with Crippen molar-refractivity contribution in [1.82, 2.24) is 9.97 Å². The number of rotatable bonds is 4. The molecule has 1 aromatic heterocycles. The molecule has 8 nitrogen and oxygen atoms in total.